The molecule has 3 nitrogen and oxygen atoms in total. The van der Waals surface area contributed by atoms with E-state index in [0.29, 0.717) is 18.1 Å². The quantitative estimate of drug-likeness (QED) is 0.693. The Morgan fingerprint density at radius 3 is 2.82 bits per heavy atom. The molecule has 1 N–H and O–H groups in total. The number of rotatable bonds is 7. The molecule has 0 aromatic rings. The van der Waals surface area contributed by atoms with Gasteiger partial charge >= 0.3 is 0 Å². The zero-order valence-electron chi connectivity index (χ0n) is 11.3. The molecule has 2 rings (SSSR count). The van der Waals surface area contributed by atoms with Crippen molar-refractivity contribution in [3.05, 3.63) is 0 Å². The monoisotopic (exact) mass is 241 g/mol. The summed E-state index contributed by atoms with van der Waals surface area (Å²) in [6, 6.07) is 0.626. The predicted molar refractivity (Wildman–Crippen MR) is 69.1 cm³/mol. The summed E-state index contributed by atoms with van der Waals surface area (Å²) in [5.41, 5.74) is 0. The highest BCUT2D eigenvalue weighted by atomic mass is 16.5. The van der Waals surface area contributed by atoms with Gasteiger partial charge in [0.05, 0.1) is 12.7 Å². The number of hydrogen-bond donors (Lipinski definition) is 1. The second kappa shape index (κ2) is 6.72. The molecule has 2 fully saturated rings. The van der Waals surface area contributed by atoms with Crippen molar-refractivity contribution in [2.45, 2.75) is 51.7 Å². The van der Waals surface area contributed by atoms with Gasteiger partial charge in [-0.2, -0.15) is 0 Å². The molecule has 1 saturated carbocycles. The molecule has 100 valence electrons. The van der Waals surface area contributed by atoms with Gasteiger partial charge in [0.25, 0.3) is 0 Å². The zero-order chi connectivity index (χ0) is 12.1. The summed E-state index contributed by atoms with van der Waals surface area (Å²) < 4.78 is 11.4. The van der Waals surface area contributed by atoms with Crippen LogP contribution in [0.15, 0.2) is 0 Å². The van der Waals surface area contributed by atoms with Crippen molar-refractivity contribution in [3.63, 3.8) is 0 Å². The van der Waals surface area contributed by atoms with Crippen molar-refractivity contribution in [1.82, 2.24) is 5.32 Å². The van der Waals surface area contributed by atoms with Crippen LogP contribution in [0.5, 0.6) is 0 Å². The van der Waals surface area contributed by atoms with E-state index in [-0.39, 0.29) is 0 Å². The molecule has 0 aromatic heterocycles. The third-order valence-corrected chi connectivity index (χ3v) is 3.79. The average Bonchev–Trinajstić information content (AvgIpc) is 3.13. The van der Waals surface area contributed by atoms with Crippen molar-refractivity contribution >= 4 is 0 Å². The largest absolute Gasteiger partial charge is 0.380 e. The molecule has 0 radical (unpaired) electrons. The van der Waals surface area contributed by atoms with E-state index < -0.39 is 0 Å². The summed E-state index contributed by atoms with van der Waals surface area (Å²) in [5.74, 6) is 1.51. The normalized spacial score (nSPS) is 29.8. The fraction of sp³-hybridized carbons (Fsp3) is 1.00. The van der Waals surface area contributed by atoms with Gasteiger partial charge in [-0.3, -0.25) is 0 Å². The van der Waals surface area contributed by atoms with Gasteiger partial charge in [-0.15, -0.1) is 0 Å². The molecular formula is C14H27NO2. The standard InChI is InChI=1S/C14H27NO2/c1-11(2)14-9-13(5-7-17-14)15-6-8-16-10-12-3-4-12/h11-15H,3-10H2,1-2H3. The number of ether oxygens (including phenoxy) is 2. The van der Waals surface area contributed by atoms with E-state index in [0.717, 1.165) is 45.1 Å². The van der Waals surface area contributed by atoms with Crippen LogP contribution in [-0.2, 0) is 9.47 Å². The van der Waals surface area contributed by atoms with E-state index in [2.05, 4.69) is 19.2 Å². The molecule has 0 aromatic carbocycles. The van der Waals surface area contributed by atoms with Gasteiger partial charge < -0.3 is 14.8 Å². The first-order chi connectivity index (χ1) is 8.25. The molecular weight excluding hydrogens is 214 g/mol. The Bertz CT molecular complexity index is 216. The van der Waals surface area contributed by atoms with Crippen molar-refractivity contribution in [1.29, 1.82) is 0 Å². The van der Waals surface area contributed by atoms with Crippen LogP contribution < -0.4 is 5.32 Å². The van der Waals surface area contributed by atoms with Crippen LogP contribution >= 0.6 is 0 Å². The van der Waals surface area contributed by atoms with E-state index >= 15 is 0 Å². The second-order valence-corrected chi connectivity index (χ2v) is 5.85. The minimum absolute atomic E-state index is 0.439. The van der Waals surface area contributed by atoms with Gasteiger partial charge in [-0.05, 0) is 37.5 Å². The highest BCUT2D eigenvalue weighted by molar-refractivity contribution is 4.78. The van der Waals surface area contributed by atoms with Gasteiger partial charge in [-0.25, -0.2) is 0 Å². The third-order valence-electron chi connectivity index (χ3n) is 3.79. The summed E-state index contributed by atoms with van der Waals surface area (Å²) in [6.45, 7) is 8.22. The SMILES string of the molecule is CC(C)C1CC(NCCOCC2CC2)CCO1. The zero-order valence-corrected chi connectivity index (χ0v) is 11.3. The van der Waals surface area contributed by atoms with E-state index in [1.807, 2.05) is 0 Å². The smallest absolute Gasteiger partial charge is 0.0612 e. The van der Waals surface area contributed by atoms with Crippen LogP contribution in [-0.4, -0.2) is 38.5 Å². The minimum atomic E-state index is 0.439. The molecule has 1 heterocycles. The van der Waals surface area contributed by atoms with Crippen LogP contribution in [0, 0.1) is 11.8 Å². The molecule has 1 aliphatic heterocycles. The number of nitrogens with one attached hydrogen (secondary N) is 1. The van der Waals surface area contributed by atoms with E-state index in [1.165, 1.54) is 12.8 Å². The first kappa shape index (κ1) is 13.3. The molecule has 1 saturated heterocycles. The lowest BCUT2D eigenvalue weighted by atomic mass is 9.95. The average molecular weight is 241 g/mol. The molecule has 17 heavy (non-hydrogen) atoms. The summed E-state index contributed by atoms with van der Waals surface area (Å²) in [4.78, 5) is 0. The Labute approximate surface area is 105 Å². The van der Waals surface area contributed by atoms with E-state index in [9.17, 15) is 0 Å². The molecule has 3 heteroatoms. The van der Waals surface area contributed by atoms with Crippen molar-refractivity contribution in [3.8, 4) is 0 Å². The predicted octanol–water partition coefficient (Wildman–Crippen LogP) is 2.21. The van der Waals surface area contributed by atoms with Crippen LogP contribution in [0.25, 0.3) is 0 Å². The Balaban J connectivity index is 1.51. The van der Waals surface area contributed by atoms with Gasteiger partial charge in [-0.1, -0.05) is 13.8 Å². The van der Waals surface area contributed by atoms with E-state index in [4.69, 9.17) is 9.47 Å². The first-order valence-electron chi connectivity index (χ1n) is 7.18. The Hall–Kier alpha value is -0.120. The first-order valence-corrected chi connectivity index (χ1v) is 7.18. The molecule has 0 amide bonds. The number of hydrogen-bond acceptors (Lipinski definition) is 3. The highest BCUT2D eigenvalue weighted by Gasteiger charge is 2.24. The maximum absolute atomic E-state index is 5.77. The summed E-state index contributed by atoms with van der Waals surface area (Å²) in [7, 11) is 0. The Kier molecular flexibility index (Phi) is 5.26. The highest BCUT2D eigenvalue weighted by Crippen LogP contribution is 2.28. The molecule has 0 spiro atoms. The maximum Gasteiger partial charge on any atom is 0.0612 e. The molecule has 2 atom stereocenters. The van der Waals surface area contributed by atoms with Gasteiger partial charge in [0.2, 0.25) is 0 Å². The van der Waals surface area contributed by atoms with Crippen LogP contribution in [0.1, 0.15) is 39.5 Å². The summed E-state index contributed by atoms with van der Waals surface area (Å²) in [6.07, 6.45) is 5.49. The molecule has 1 aliphatic carbocycles. The van der Waals surface area contributed by atoms with Crippen LogP contribution in [0.4, 0.5) is 0 Å². The lowest BCUT2D eigenvalue weighted by Crippen LogP contribution is -2.42. The van der Waals surface area contributed by atoms with Crippen LogP contribution in [0.3, 0.4) is 0 Å². The third kappa shape index (κ3) is 4.94. The van der Waals surface area contributed by atoms with Crippen LogP contribution in [0.2, 0.25) is 0 Å². The topological polar surface area (TPSA) is 30.5 Å². The fourth-order valence-corrected chi connectivity index (χ4v) is 2.35. The van der Waals surface area contributed by atoms with Crippen molar-refractivity contribution < 1.29 is 9.47 Å². The second-order valence-electron chi connectivity index (χ2n) is 5.85. The molecule has 2 aliphatic rings. The summed E-state index contributed by atoms with van der Waals surface area (Å²) >= 11 is 0. The Morgan fingerprint density at radius 1 is 1.29 bits per heavy atom. The summed E-state index contributed by atoms with van der Waals surface area (Å²) in [5, 5.41) is 3.60. The molecule has 2 unspecified atom stereocenters. The lowest BCUT2D eigenvalue weighted by Gasteiger charge is -2.32. The molecule has 0 bridgehead atoms. The van der Waals surface area contributed by atoms with Gasteiger partial charge in [0.1, 0.15) is 0 Å². The van der Waals surface area contributed by atoms with E-state index in [1.54, 1.807) is 0 Å². The van der Waals surface area contributed by atoms with Crippen molar-refractivity contribution in [2.75, 3.05) is 26.4 Å². The lowest BCUT2D eigenvalue weighted by molar-refractivity contribution is -0.0252. The maximum atomic E-state index is 5.77. The van der Waals surface area contributed by atoms with Crippen molar-refractivity contribution in [2.24, 2.45) is 11.8 Å². The fourth-order valence-electron chi connectivity index (χ4n) is 2.35. The van der Waals surface area contributed by atoms with Gasteiger partial charge in [0, 0.05) is 25.8 Å². The van der Waals surface area contributed by atoms with Gasteiger partial charge in [0.15, 0.2) is 0 Å². The Morgan fingerprint density at radius 2 is 2.12 bits per heavy atom. The minimum Gasteiger partial charge on any atom is -0.380 e.